The molecule has 1 N–H and O–H groups in total. The molecule has 0 radical (unpaired) electrons. The van der Waals surface area contributed by atoms with Crippen LogP contribution in [0.2, 0.25) is 0 Å². The first-order valence-electron chi connectivity index (χ1n) is 5.55. The Morgan fingerprint density at radius 2 is 1.75 bits per heavy atom. The summed E-state index contributed by atoms with van der Waals surface area (Å²) >= 11 is 1.11. The summed E-state index contributed by atoms with van der Waals surface area (Å²) in [5.74, 6) is -2.76. The molecule has 2 aromatic rings. The van der Waals surface area contributed by atoms with Gasteiger partial charge in [-0.2, -0.15) is 13.2 Å². The molecule has 0 spiro atoms. The Bertz CT molecular complexity index is 642. The largest absolute Gasteiger partial charge is 0.506 e. The van der Waals surface area contributed by atoms with Gasteiger partial charge in [-0.05, 0) is 17.7 Å². The third kappa shape index (κ3) is 3.27. The van der Waals surface area contributed by atoms with Crippen LogP contribution >= 0.6 is 11.3 Å². The summed E-state index contributed by atoms with van der Waals surface area (Å²) in [4.78, 5) is 11.8. The molecule has 0 aliphatic carbocycles. The van der Waals surface area contributed by atoms with Gasteiger partial charge in [-0.25, -0.2) is 0 Å². The number of ketones is 1. The molecule has 0 aliphatic heterocycles. The first-order chi connectivity index (χ1) is 9.38. The SMILES string of the molecule is O=C(/C=C(\O)c1ccc(-c2ccccc2)s1)C(F)(F)F. The standard InChI is InChI=1S/C14H9F3O2S/c15-14(16,17)13(19)8-10(18)12-7-6-11(20-12)9-4-2-1-3-5-9/h1-8,18H/b10-8-. The molecule has 2 nitrogen and oxygen atoms in total. The maximum Gasteiger partial charge on any atom is 0.454 e. The lowest BCUT2D eigenvalue weighted by molar-refractivity contribution is -0.165. The minimum absolute atomic E-state index is 0.195. The smallest absolute Gasteiger partial charge is 0.454 e. The van der Waals surface area contributed by atoms with E-state index < -0.39 is 17.7 Å². The Balaban J connectivity index is 2.25. The van der Waals surface area contributed by atoms with Gasteiger partial charge >= 0.3 is 6.18 Å². The fourth-order valence-corrected chi connectivity index (χ4v) is 2.44. The van der Waals surface area contributed by atoms with E-state index in [2.05, 4.69) is 0 Å². The lowest BCUT2D eigenvalue weighted by Gasteiger charge is -2.01. The maximum atomic E-state index is 12.1. The minimum atomic E-state index is -4.98. The second kappa shape index (κ2) is 5.50. The van der Waals surface area contributed by atoms with E-state index in [1.54, 1.807) is 6.07 Å². The molecule has 0 bridgehead atoms. The summed E-state index contributed by atoms with van der Waals surface area (Å²) < 4.78 is 36.3. The Labute approximate surface area is 116 Å². The number of aliphatic hydroxyl groups is 1. The molecule has 0 aliphatic rings. The summed E-state index contributed by atoms with van der Waals surface area (Å²) in [6.45, 7) is 0. The molecule has 0 saturated heterocycles. The average Bonchev–Trinajstić information content (AvgIpc) is 2.88. The Morgan fingerprint density at radius 3 is 2.35 bits per heavy atom. The molecule has 0 fully saturated rings. The van der Waals surface area contributed by atoms with Crippen LogP contribution in [0.15, 0.2) is 48.5 Å². The monoisotopic (exact) mass is 298 g/mol. The van der Waals surface area contributed by atoms with Crippen LogP contribution in [-0.2, 0) is 4.79 Å². The van der Waals surface area contributed by atoms with Gasteiger partial charge in [0.05, 0.1) is 4.88 Å². The van der Waals surface area contributed by atoms with Crippen molar-refractivity contribution in [1.29, 1.82) is 0 Å². The number of allylic oxidation sites excluding steroid dienone is 1. The van der Waals surface area contributed by atoms with E-state index in [-0.39, 0.29) is 11.0 Å². The average molecular weight is 298 g/mol. The second-order valence-corrected chi connectivity index (χ2v) is 5.01. The van der Waals surface area contributed by atoms with Gasteiger partial charge in [-0.1, -0.05) is 30.3 Å². The van der Waals surface area contributed by atoms with Crippen molar-refractivity contribution in [2.45, 2.75) is 6.18 Å². The fraction of sp³-hybridized carbons (Fsp3) is 0.0714. The quantitative estimate of drug-likeness (QED) is 0.671. The number of hydrogen-bond donors (Lipinski definition) is 1. The van der Waals surface area contributed by atoms with E-state index in [1.165, 1.54) is 6.07 Å². The van der Waals surface area contributed by atoms with Gasteiger partial charge in [-0.15, -0.1) is 11.3 Å². The molecule has 0 atom stereocenters. The van der Waals surface area contributed by atoms with Crippen molar-refractivity contribution in [3.05, 3.63) is 53.4 Å². The molecule has 20 heavy (non-hydrogen) atoms. The van der Waals surface area contributed by atoms with Crippen LogP contribution < -0.4 is 0 Å². The normalized spacial score (nSPS) is 12.4. The third-order valence-corrected chi connectivity index (χ3v) is 3.62. The zero-order valence-electron chi connectivity index (χ0n) is 10.0. The summed E-state index contributed by atoms with van der Waals surface area (Å²) in [5, 5.41) is 9.57. The highest BCUT2D eigenvalue weighted by atomic mass is 32.1. The van der Waals surface area contributed by atoms with Crippen molar-refractivity contribution in [2.24, 2.45) is 0 Å². The topological polar surface area (TPSA) is 37.3 Å². The summed E-state index contributed by atoms with van der Waals surface area (Å²) in [6.07, 6.45) is -4.78. The molecule has 1 aromatic carbocycles. The van der Waals surface area contributed by atoms with Crippen molar-refractivity contribution >= 4 is 22.9 Å². The first kappa shape index (κ1) is 14.3. The predicted molar refractivity (Wildman–Crippen MR) is 71.4 cm³/mol. The van der Waals surface area contributed by atoms with Gasteiger partial charge in [0.25, 0.3) is 5.78 Å². The summed E-state index contributed by atoms with van der Waals surface area (Å²) in [5.41, 5.74) is 0.888. The number of carbonyl (C=O) groups is 1. The van der Waals surface area contributed by atoms with Gasteiger partial charge in [0.1, 0.15) is 5.76 Å². The van der Waals surface area contributed by atoms with Gasteiger partial charge in [0.15, 0.2) is 0 Å². The number of aliphatic hydroxyl groups excluding tert-OH is 1. The predicted octanol–water partition coefficient (Wildman–Crippen LogP) is 4.45. The van der Waals surface area contributed by atoms with E-state index in [9.17, 15) is 23.1 Å². The summed E-state index contributed by atoms with van der Waals surface area (Å²) in [6, 6.07) is 12.3. The molecule has 1 aromatic heterocycles. The Morgan fingerprint density at radius 1 is 1.10 bits per heavy atom. The van der Waals surface area contributed by atoms with E-state index >= 15 is 0 Å². The van der Waals surface area contributed by atoms with E-state index in [1.807, 2.05) is 30.3 Å². The van der Waals surface area contributed by atoms with Crippen molar-refractivity contribution in [2.75, 3.05) is 0 Å². The Kier molecular flexibility index (Phi) is 3.94. The second-order valence-electron chi connectivity index (χ2n) is 3.92. The molecule has 0 amide bonds. The first-order valence-corrected chi connectivity index (χ1v) is 6.37. The van der Waals surface area contributed by atoms with E-state index in [0.29, 0.717) is 0 Å². The highest BCUT2D eigenvalue weighted by molar-refractivity contribution is 7.16. The van der Waals surface area contributed by atoms with Crippen LogP contribution in [0.3, 0.4) is 0 Å². The van der Waals surface area contributed by atoms with Crippen molar-refractivity contribution < 1.29 is 23.1 Å². The van der Waals surface area contributed by atoms with Gasteiger partial charge < -0.3 is 5.11 Å². The highest BCUT2D eigenvalue weighted by Gasteiger charge is 2.37. The zero-order chi connectivity index (χ0) is 14.8. The highest BCUT2D eigenvalue weighted by Crippen LogP contribution is 2.31. The van der Waals surface area contributed by atoms with Crippen LogP contribution in [0.5, 0.6) is 0 Å². The molecule has 1 heterocycles. The lowest BCUT2D eigenvalue weighted by Crippen LogP contribution is -2.20. The number of halogens is 3. The number of carbonyl (C=O) groups excluding carboxylic acids is 1. The maximum absolute atomic E-state index is 12.1. The lowest BCUT2D eigenvalue weighted by atomic mass is 10.2. The third-order valence-electron chi connectivity index (χ3n) is 2.46. The van der Waals surface area contributed by atoms with Crippen LogP contribution in [0.25, 0.3) is 16.2 Å². The molecule has 0 unspecified atom stereocenters. The van der Waals surface area contributed by atoms with Crippen LogP contribution in [-0.4, -0.2) is 17.1 Å². The van der Waals surface area contributed by atoms with Crippen molar-refractivity contribution in [1.82, 2.24) is 0 Å². The van der Waals surface area contributed by atoms with E-state index in [4.69, 9.17) is 0 Å². The fourth-order valence-electron chi connectivity index (χ4n) is 1.51. The van der Waals surface area contributed by atoms with Crippen LogP contribution in [0.1, 0.15) is 4.88 Å². The van der Waals surface area contributed by atoms with Gasteiger partial charge in [0, 0.05) is 11.0 Å². The molecule has 6 heteroatoms. The van der Waals surface area contributed by atoms with Crippen LogP contribution in [0.4, 0.5) is 13.2 Å². The van der Waals surface area contributed by atoms with Crippen molar-refractivity contribution in [3.8, 4) is 10.4 Å². The molecule has 0 saturated carbocycles. The van der Waals surface area contributed by atoms with E-state index in [0.717, 1.165) is 21.8 Å². The van der Waals surface area contributed by atoms with Crippen LogP contribution in [0, 0.1) is 0 Å². The molecular weight excluding hydrogens is 289 g/mol. The number of thiophene rings is 1. The van der Waals surface area contributed by atoms with Gasteiger partial charge in [-0.3, -0.25) is 4.79 Å². The number of rotatable bonds is 3. The number of alkyl halides is 3. The van der Waals surface area contributed by atoms with Gasteiger partial charge in [0.2, 0.25) is 0 Å². The molecule has 2 rings (SSSR count). The summed E-state index contributed by atoms with van der Waals surface area (Å²) in [7, 11) is 0. The minimum Gasteiger partial charge on any atom is -0.506 e. The zero-order valence-corrected chi connectivity index (χ0v) is 10.8. The molecular formula is C14H9F3O2S. The van der Waals surface area contributed by atoms with Crippen molar-refractivity contribution in [3.63, 3.8) is 0 Å². The molecule has 104 valence electrons. The number of benzene rings is 1. The Hall–Kier alpha value is -2.08. The number of hydrogen-bond acceptors (Lipinski definition) is 3.